The Morgan fingerprint density at radius 2 is 1.86 bits per heavy atom. The van der Waals surface area contributed by atoms with Crippen LogP contribution < -0.4 is 5.73 Å². The Bertz CT molecular complexity index is 293. The first kappa shape index (κ1) is 10.6. The quantitative estimate of drug-likeness (QED) is 0.697. The molecule has 1 aromatic carbocycles. The van der Waals surface area contributed by atoms with Crippen LogP contribution in [0.4, 0.5) is 0 Å². The summed E-state index contributed by atoms with van der Waals surface area (Å²) in [5, 5.41) is 9.04. The van der Waals surface area contributed by atoms with E-state index in [1.165, 1.54) is 5.56 Å². The fourth-order valence-corrected chi connectivity index (χ4v) is 1.29. The molecule has 0 atom stereocenters. The number of carbonyl (C=O) groups excluding carboxylic acids is 1. The van der Waals surface area contributed by atoms with E-state index in [1.54, 1.807) is 12.1 Å². The first-order valence-electron chi connectivity index (χ1n) is 4.74. The lowest BCUT2D eigenvalue weighted by Crippen LogP contribution is -2.09. The highest BCUT2D eigenvalue weighted by Gasteiger charge is 1.96. The summed E-state index contributed by atoms with van der Waals surface area (Å²) in [5.74, 6) is 0.0431. The van der Waals surface area contributed by atoms with Gasteiger partial charge < -0.3 is 10.8 Å². The number of aromatic hydroxyl groups is 1. The molecule has 1 rings (SSSR count). The van der Waals surface area contributed by atoms with Gasteiger partial charge in [0.05, 0.1) is 0 Å². The molecule has 76 valence electrons. The second kappa shape index (κ2) is 5.27. The number of phenolic OH excluding ortho intramolecular Hbond substituents is 1. The summed E-state index contributed by atoms with van der Waals surface area (Å²) in [6, 6.07) is 7.12. The van der Waals surface area contributed by atoms with Crippen LogP contribution in [0.25, 0.3) is 0 Å². The molecule has 0 spiro atoms. The van der Waals surface area contributed by atoms with Crippen molar-refractivity contribution in [1.29, 1.82) is 0 Å². The van der Waals surface area contributed by atoms with Crippen LogP contribution in [0.2, 0.25) is 0 Å². The number of rotatable bonds is 5. The highest BCUT2D eigenvalue weighted by atomic mass is 16.3. The smallest absolute Gasteiger partial charge is 0.217 e. The molecule has 0 aliphatic heterocycles. The normalized spacial score (nSPS) is 10.0. The number of hydrogen-bond donors (Lipinski definition) is 2. The number of nitrogens with two attached hydrogens (primary N) is 1. The number of unbranched alkanes of at least 4 members (excludes halogenated alkanes) is 1. The van der Waals surface area contributed by atoms with Gasteiger partial charge in [0.1, 0.15) is 5.75 Å². The molecule has 3 nitrogen and oxygen atoms in total. The Kier molecular flexibility index (Phi) is 3.98. The summed E-state index contributed by atoms with van der Waals surface area (Å²) in [6.07, 6.45) is 3.16. The van der Waals surface area contributed by atoms with Crippen molar-refractivity contribution >= 4 is 5.91 Å². The van der Waals surface area contributed by atoms with Crippen molar-refractivity contribution in [2.75, 3.05) is 0 Å². The second-order valence-electron chi connectivity index (χ2n) is 3.34. The van der Waals surface area contributed by atoms with E-state index in [9.17, 15) is 4.79 Å². The van der Waals surface area contributed by atoms with E-state index in [4.69, 9.17) is 10.8 Å². The zero-order chi connectivity index (χ0) is 10.4. The number of amides is 1. The molecule has 0 aliphatic rings. The molecule has 0 heterocycles. The predicted octanol–water partition coefficient (Wildman–Crippen LogP) is 1.59. The van der Waals surface area contributed by atoms with Crippen LogP contribution in [0.5, 0.6) is 5.75 Å². The van der Waals surface area contributed by atoms with Crippen LogP contribution in [0.3, 0.4) is 0 Å². The molecule has 3 N–H and O–H groups in total. The van der Waals surface area contributed by atoms with E-state index in [-0.39, 0.29) is 11.7 Å². The van der Waals surface area contributed by atoms with E-state index in [0.717, 1.165) is 19.3 Å². The van der Waals surface area contributed by atoms with Gasteiger partial charge in [0.25, 0.3) is 0 Å². The number of phenols is 1. The van der Waals surface area contributed by atoms with E-state index < -0.39 is 0 Å². The molecule has 0 unspecified atom stereocenters. The van der Waals surface area contributed by atoms with Crippen LogP contribution in [-0.4, -0.2) is 11.0 Å². The maximum absolute atomic E-state index is 10.4. The van der Waals surface area contributed by atoms with Gasteiger partial charge in [-0.3, -0.25) is 4.79 Å². The molecule has 14 heavy (non-hydrogen) atoms. The van der Waals surface area contributed by atoms with Crippen molar-refractivity contribution in [2.24, 2.45) is 5.73 Å². The molecule has 3 heteroatoms. The van der Waals surface area contributed by atoms with Gasteiger partial charge in [0.2, 0.25) is 5.91 Å². The van der Waals surface area contributed by atoms with Gasteiger partial charge in [-0.15, -0.1) is 0 Å². The molecule has 0 saturated carbocycles. The van der Waals surface area contributed by atoms with Crippen molar-refractivity contribution in [3.05, 3.63) is 29.8 Å². The Hall–Kier alpha value is -1.51. The van der Waals surface area contributed by atoms with Crippen molar-refractivity contribution in [3.8, 4) is 5.75 Å². The van der Waals surface area contributed by atoms with Crippen molar-refractivity contribution in [2.45, 2.75) is 25.7 Å². The van der Waals surface area contributed by atoms with E-state index in [1.807, 2.05) is 12.1 Å². The number of carbonyl (C=O) groups is 1. The predicted molar refractivity (Wildman–Crippen MR) is 54.9 cm³/mol. The van der Waals surface area contributed by atoms with Gasteiger partial charge in [-0.1, -0.05) is 12.1 Å². The van der Waals surface area contributed by atoms with Gasteiger partial charge in [0, 0.05) is 6.42 Å². The van der Waals surface area contributed by atoms with E-state index >= 15 is 0 Å². The minimum atomic E-state index is -0.240. The molecule has 1 aromatic rings. The van der Waals surface area contributed by atoms with E-state index in [0.29, 0.717) is 6.42 Å². The van der Waals surface area contributed by atoms with Crippen LogP contribution in [0.1, 0.15) is 24.8 Å². The van der Waals surface area contributed by atoms with Crippen molar-refractivity contribution in [1.82, 2.24) is 0 Å². The van der Waals surface area contributed by atoms with E-state index in [2.05, 4.69) is 0 Å². The minimum absolute atomic E-state index is 0.240. The third-order valence-electron chi connectivity index (χ3n) is 2.07. The molecule has 1 amide bonds. The van der Waals surface area contributed by atoms with Gasteiger partial charge in [-0.05, 0) is 37.0 Å². The van der Waals surface area contributed by atoms with Gasteiger partial charge in [-0.2, -0.15) is 0 Å². The number of benzene rings is 1. The molecule has 0 aromatic heterocycles. The molecular formula is C11H15NO2. The summed E-state index contributed by atoms with van der Waals surface area (Å²) in [6.45, 7) is 0. The third kappa shape index (κ3) is 3.94. The van der Waals surface area contributed by atoms with Gasteiger partial charge >= 0.3 is 0 Å². The summed E-state index contributed by atoms with van der Waals surface area (Å²) in [5.41, 5.74) is 6.19. The zero-order valence-electron chi connectivity index (χ0n) is 8.07. The summed E-state index contributed by atoms with van der Waals surface area (Å²) < 4.78 is 0. The Labute approximate surface area is 83.6 Å². The summed E-state index contributed by atoms with van der Waals surface area (Å²) in [7, 11) is 0. The first-order valence-corrected chi connectivity index (χ1v) is 4.74. The second-order valence-corrected chi connectivity index (χ2v) is 3.34. The standard InChI is InChI=1S/C11H15NO2/c12-11(14)4-2-1-3-9-5-7-10(13)8-6-9/h5-8,13H,1-4H2,(H2,12,14). The molecule has 0 fully saturated rings. The largest absolute Gasteiger partial charge is 0.508 e. The molecule has 0 saturated heterocycles. The Balaban J connectivity index is 2.25. The van der Waals surface area contributed by atoms with Crippen molar-refractivity contribution in [3.63, 3.8) is 0 Å². The molecule has 0 aliphatic carbocycles. The van der Waals surface area contributed by atoms with Crippen LogP contribution in [-0.2, 0) is 11.2 Å². The van der Waals surface area contributed by atoms with Gasteiger partial charge in [-0.25, -0.2) is 0 Å². The topological polar surface area (TPSA) is 63.3 Å². The van der Waals surface area contributed by atoms with Crippen molar-refractivity contribution < 1.29 is 9.90 Å². The highest BCUT2D eigenvalue weighted by molar-refractivity contribution is 5.73. The molecular weight excluding hydrogens is 178 g/mol. The lowest BCUT2D eigenvalue weighted by atomic mass is 10.1. The third-order valence-corrected chi connectivity index (χ3v) is 2.07. The summed E-state index contributed by atoms with van der Waals surface area (Å²) in [4.78, 5) is 10.4. The number of hydrogen-bond acceptors (Lipinski definition) is 2. The first-order chi connectivity index (χ1) is 6.68. The van der Waals surface area contributed by atoms with Crippen LogP contribution >= 0.6 is 0 Å². The fourth-order valence-electron chi connectivity index (χ4n) is 1.29. The average molecular weight is 193 g/mol. The molecule has 0 bridgehead atoms. The maximum atomic E-state index is 10.4. The van der Waals surface area contributed by atoms with Gasteiger partial charge in [0.15, 0.2) is 0 Å². The minimum Gasteiger partial charge on any atom is -0.508 e. The number of primary amides is 1. The SMILES string of the molecule is NC(=O)CCCCc1ccc(O)cc1. The summed E-state index contributed by atoms with van der Waals surface area (Å²) >= 11 is 0. The van der Waals surface area contributed by atoms with Crippen LogP contribution in [0.15, 0.2) is 24.3 Å². The zero-order valence-corrected chi connectivity index (χ0v) is 8.07. The lowest BCUT2D eigenvalue weighted by Gasteiger charge is -2.00. The highest BCUT2D eigenvalue weighted by Crippen LogP contribution is 2.12. The lowest BCUT2D eigenvalue weighted by molar-refractivity contribution is -0.118. The fraction of sp³-hybridized carbons (Fsp3) is 0.364. The monoisotopic (exact) mass is 193 g/mol. The Morgan fingerprint density at radius 3 is 2.43 bits per heavy atom. The average Bonchev–Trinajstić information content (AvgIpc) is 2.15. The number of aryl methyl sites for hydroxylation is 1. The van der Waals surface area contributed by atoms with Crippen LogP contribution in [0, 0.1) is 0 Å². The Morgan fingerprint density at radius 1 is 1.21 bits per heavy atom. The molecule has 0 radical (unpaired) electrons. The maximum Gasteiger partial charge on any atom is 0.217 e.